The van der Waals surface area contributed by atoms with Gasteiger partial charge >= 0.3 is 0 Å². The molecule has 17 heavy (non-hydrogen) atoms. The zero-order chi connectivity index (χ0) is 12.4. The molecule has 94 valence electrons. The standard InChI is InChI=1S/C13H19ClN2O/c1-9-12(6-7-17-9)16(2)13-5-3-4-11(14)10(13)8-15/h3-5,9,12H,6-8,15H2,1-2H3. The minimum Gasteiger partial charge on any atom is -0.376 e. The van der Waals surface area contributed by atoms with E-state index in [0.29, 0.717) is 12.6 Å². The van der Waals surface area contributed by atoms with E-state index >= 15 is 0 Å². The highest BCUT2D eigenvalue weighted by Gasteiger charge is 2.29. The molecule has 2 atom stereocenters. The fourth-order valence-electron chi connectivity index (χ4n) is 2.49. The second-order valence-electron chi connectivity index (χ2n) is 4.48. The van der Waals surface area contributed by atoms with E-state index in [1.54, 1.807) is 0 Å². The van der Waals surface area contributed by atoms with Crippen LogP contribution in [0.5, 0.6) is 0 Å². The maximum absolute atomic E-state index is 6.18. The van der Waals surface area contributed by atoms with Crippen molar-refractivity contribution < 1.29 is 4.74 Å². The highest BCUT2D eigenvalue weighted by Crippen LogP contribution is 2.30. The van der Waals surface area contributed by atoms with Crippen LogP contribution in [-0.4, -0.2) is 25.8 Å². The van der Waals surface area contributed by atoms with Gasteiger partial charge in [0.15, 0.2) is 0 Å². The monoisotopic (exact) mass is 254 g/mol. The van der Waals surface area contributed by atoms with E-state index in [0.717, 1.165) is 29.3 Å². The van der Waals surface area contributed by atoms with Gasteiger partial charge in [0.25, 0.3) is 0 Å². The molecule has 0 aliphatic carbocycles. The number of hydrogen-bond donors (Lipinski definition) is 1. The Morgan fingerprint density at radius 3 is 2.88 bits per heavy atom. The number of nitrogens with zero attached hydrogens (tertiary/aromatic N) is 1. The Hall–Kier alpha value is -0.770. The SMILES string of the molecule is CC1OCCC1N(C)c1cccc(Cl)c1CN. The lowest BCUT2D eigenvalue weighted by Crippen LogP contribution is -2.37. The third-order valence-corrected chi connectivity index (χ3v) is 3.87. The number of ether oxygens (including phenoxy) is 1. The molecule has 1 aliphatic heterocycles. The number of nitrogens with two attached hydrogens (primary N) is 1. The summed E-state index contributed by atoms with van der Waals surface area (Å²) in [4.78, 5) is 2.24. The molecule has 1 heterocycles. The summed E-state index contributed by atoms with van der Waals surface area (Å²) in [7, 11) is 2.08. The molecule has 4 heteroatoms. The molecule has 1 saturated heterocycles. The van der Waals surface area contributed by atoms with Gasteiger partial charge in [-0.05, 0) is 25.5 Å². The fraction of sp³-hybridized carbons (Fsp3) is 0.538. The molecule has 0 bridgehead atoms. The lowest BCUT2D eigenvalue weighted by atomic mass is 10.1. The Balaban J connectivity index is 2.30. The molecule has 2 rings (SSSR count). The second kappa shape index (κ2) is 5.25. The molecule has 0 spiro atoms. The first-order valence-electron chi connectivity index (χ1n) is 5.97. The van der Waals surface area contributed by atoms with E-state index in [2.05, 4.69) is 24.9 Å². The summed E-state index contributed by atoms with van der Waals surface area (Å²) in [5.41, 5.74) is 7.90. The van der Waals surface area contributed by atoms with Crippen LogP contribution in [0, 0.1) is 0 Å². The molecule has 0 saturated carbocycles. The Morgan fingerprint density at radius 1 is 1.53 bits per heavy atom. The predicted octanol–water partition coefficient (Wildman–Crippen LogP) is 2.41. The highest BCUT2D eigenvalue weighted by atomic mass is 35.5. The smallest absolute Gasteiger partial charge is 0.0750 e. The van der Waals surface area contributed by atoms with E-state index in [4.69, 9.17) is 22.1 Å². The van der Waals surface area contributed by atoms with Gasteiger partial charge in [0.05, 0.1) is 12.1 Å². The molecular weight excluding hydrogens is 236 g/mol. The molecule has 1 aliphatic rings. The molecule has 0 aromatic heterocycles. The third kappa shape index (κ3) is 2.41. The van der Waals surface area contributed by atoms with E-state index in [9.17, 15) is 0 Å². The Labute approximate surface area is 107 Å². The minimum atomic E-state index is 0.254. The van der Waals surface area contributed by atoms with Crippen molar-refractivity contribution in [3.05, 3.63) is 28.8 Å². The van der Waals surface area contributed by atoms with Crippen LogP contribution in [0.2, 0.25) is 5.02 Å². The maximum atomic E-state index is 6.18. The van der Waals surface area contributed by atoms with Crippen LogP contribution in [0.4, 0.5) is 5.69 Å². The molecule has 2 unspecified atom stereocenters. The van der Waals surface area contributed by atoms with Crippen LogP contribution in [0.25, 0.3) is 0 Å². The van der Waals surface area contributed by atoms with Crippen molar-refractivity contribution in [3.63, 3.8) is 0 Å². The lowest BCUT2D eigenvalue weighted by molar-refractivity contribution is 0.118. The van der Waals surface area contributed by atoms with Crippen LogP contribution in [0.1, 0.15) is 18.9 Å². The summed E-state index contributed by atoms with van der Waals surface area (Å²) in [5, 5.41) is 0.739. The quantitative estimate of drug-likeness (QED) is 0.900. The third-order valence-electron chi connectivity index (χ3n) is 3.51. The van der Waals surface area contributed by atoms with Gasteiger partial charge in [-0.3, -0.25) is 0 Å². The van der Waals surface area contributed by atoms with Gasteiger partial charge in [-0.2, -0.15) is 0 Å². The van der Waals surface area contributed by atoms with Crippen molar-refractivity contribution in [2.75, 3.05) is 18.6 Å². The van der Waals surface area contributed by atoms with Crippen molar-refractivity contribution in [1.82, 2.24) is 0 Å². The van der Waals surface area contributed by atoms with Gasteiger partial charge in [0.2, 0.25) is 0 Å². The zero-order valence-electron chi connectivity index (χ0n) is 10.3. The van der Waals surface area contributed by atoms with Crippen molar-refractivity contribution >= 4 is 17.3 Å². The summed E-state index contributed by atoms with van der Waals surface area (Å²) in [5.74, 6) is 0. The van der Waals surface area contributed by atoms with Crippen LogP contribution in [-0.2, 0) is 11.3 Å². The minimum absolute atomic E-state index is 0.254. The van der Waals surface area contributed by atoms with Crippen LogP contribution in [0.3, 0.4) is 0 Å². The first kappa shape index (κ1) is 12.7. The Morgan fingerprint density at radius 2 is 2.29 bits per heavy atom. The molecule has 0 amide bonds. The van der Waals surface area contributed by atoms with E-state index < -0.39 is 0 Å². The summed E-state index contributed by atoms with van der Waals surface area (Å²) >= 11 is 6.18. The van der Waals surface area contributed by atoms with E-state index in [1.807, 2.05) is 12.1 Å². The van der Waals surface area contributed by atoms with Gasteiger partial charge < -0.3 is 15.4 Å². The summed E-state index contributed by atoms with van der Waals surface area (Å²) < 4.78 is 5.61. The van der Waals surface area contributed by atoms with Gasteiger partial charge in [-0.1, -0.05) is 17.7 Å². The lowest BCUT2D eigenvalue weighted by Gasteiger charge is -2.30. The first-order chi connectivity index (χ1) is 8.15. The molecule has 1 fully saturated rings. The Kier molecular flexibility index (Phi) is 3.92. The van der Waals surface area contributed by atoms with Crippen LogP contribution >= 0.6 is 11.6 Å². The van der Waals surface area contributed by atoms with Crippen molar-refractivity contribution in [2.45, 2.75) is 32.0 Å². The highest BCUT2D eigenvalue weighted by molar-refractivity contribution is 6.31. The average Bonchev–Trinajstić information content (AvgIpc) is 2.74. The molecule has 0 radical (unpaired) electrons. The summed E-state index contributed by atoms with van der Waals surface area (Å²) in [6.45, 7) is 3.40. The van der Waals surface area contributed by atoms with Crippen LogP contribution < -0.4 is 10.6 Å². The molecule has 1 aromatic carbocycles. The first-order valence-corrected chi connectivity index (χ1v) is 6.35. The molecule has 2 N–H and O–H groups in total. The van der Waals surface area contributed by atoms with Crippen molar-refractivity contribution in [3.8, 4) is 0 Å². The average molecular weight is 255 g/mol. The van der Waals surface area contributed by atoms with Gasteiger partial charge in [-0.25, -0.2) is 0 Å². The number of anilines is 1. The zero-order valence-corrected chi connectivity index (χ0v) is 11.1. The number of rotatable bonds is 3. The van der Waals surface area contributed by atoms with Crippen molar-refractivity contribution in [2.24, 2.45) is 5.73 Å². The fourth-order valence-corrected chi connectivity index (χ4v) is 2.73. The number of likely N-dealkylation sites (N-methyl/N-ethyl adjacent to an activating group) is 1. The molecular formula is C13H19ClN2O. The number of benzene rings is 1. The summed E-state index contributed by atoms with van der Waals surface area (Å²) in [6, 6.07) is 6.32. The van der Waals surface area contributed by atoms with Gasteiger partial charge in [-0.15, -0.1) is 0 Å². The van der Waals surface area contributed by atoms with E-state index in [1.165, 1.54) is 0 Å². The van der Waals surface area contributed by atoms with Crippen molar-refractivity contribution in [1.29, 1.82) is 0 Å². The molecule has 1 aromatic rings. The Bertz CT molecular complexity index is 397. The summed E-state index contributed by atoms with van der Waals surface area (Å²) in [6.07, 6.45) is 1.30. The maximum Gasteiger partial charge on any atom is 0.0750 e. The van der Waals surface area contributed by atoms with Gasteiger partial charge in [0, 0.05) is 36.5 Å². The van der Waals surface area contributed by atoms with Gasteiger partial charge in [0.1, 0.15) is 0 Å². The number of halogens is 1. The van der Waals surface area contributed by atoms with Crippen LogP contribution in [0.15, 0.2) is 18.2 Å². The largest absolute Gasteiger partial charge is 0.376 e. The topological polar surface area (TPSA) is 38.5 Å². The normalized spacial score (nSPS) is 24.0. The van der Waals surface area contributed by atoms with E-state index in [-0.39, 0.29) is 6.10 Å². The predicted molar refractivity (Wildman–Crippen MR) is 71.6 cm³/mol. The number of hydrogen-bond acceptors (Lipinski definition) is 3. The molecule has 3 nitrogen and oxygen atoms in total. The second-order valence-corrected chi connectivity index (χ2v) is 4.89.